The van der Waals surface area contributed by atoms with E-state index in [0.717, 1.165) is 10.6 Å². The highest BCUT2D eigenvalue weighted by Gasteiger charge is 2.38. The van der Waals surface area contributed by atoms with Gasteiger partial charge in [-0.3, -0.25) is 9.36 Å². The lowest BCUT2D eigenvalue weighted by Crippen LogP contribution is -2.15. The van der Waals surface area contributed by atoms with Gasteiger partial charge in [0.1, 0.15) is 17.4 Å². The Kier molecular flexibility index (Phi) is 5.05. The predicted molar refractivity (Wildman–Crippen MR) is 105 cm³/mol. The van der Waals surface area contributed by atoms with Crippen LogP contribution in [0.3, 0.4) is 0 Å². The molecule has 0 radical (unpaired) electrons. The van der Waals surface area contributed by atoms with E-state index >= 15 is 0 Å². The number of methoxy groups -OCH3 is 1. The molecule has 0 aliphatic rings. The summed E-state index contributed by atoms with van der Waals surface area (Å²) in [6, 6.07) is 12.2. The highest BCUT2D eigenvalue weighted by Crippen LogP contribution is 2.34. The molecular weight excluding hydrogens is 416 g/mol. The summed E-state index contributed by atoms with van der Waals surface area (Å²) in [4.78, 5) is 19.9. The van der Waals surface area contributed by atoms with Gasteiger partial charge in [0.2, 0.25) is 5.82 Å². The number of hydrogen-bond acceptors (Lipinski definition) is 4. The van der Waals surface area contributed by atoms with Crippen LogP contribution in [0.4, 0.5) is 23.4 Å². The Hall–Kier alpha value is -3.95. The van der Waals surface area contributed by atoms with Crippen LogP contribution in [0.5, 0.6) is 5.75 Å². The number of pyridine rings is 1. The lowest BCUT2D eigenvalue weighted by molar-refractivity contribution is -0.145. The van der Waals surface area contributed by atoms with E-state index in [2.05, 4.69) is 15.3 Å². The minimum absolute atomic E-state index is 0.0831. The fourth-order valence-electron chi connectivity index (χ4n) is 3.05. The van der Waals surface area contributed by atoms with Crippen LogP contribution < -0.4 is 10.1 Å². The molecule has 10 heteroatoms. The Morgan fingerprint density at radius 1 is 1.10 bits per heavy atom. The topological polar surface area (TPSA) is 69.0 Å². The van der Waals surface area contributed by atoms with Crippen LogP contribution in [-0.2, 0) is 6.18 Å². The summed E-state index contributed by atoms with van der Waals surface area (Å²) in [5.41, 5.74) is 0.505. The van der Waals surface area contributed by atoms with Gasteiger partial charge in [-0.1, -0.05) is 6.07 Å². The molecule has 1 amide bonds. The maximum Gasteiger partial charge on any atom is 0.450 e. The van der Waals surface area contributed by atoms with Gasteiger partial charge < -0.3 is 10.1 Å². The van der Waals surface area contributed by atoms with Crippen molar-refractivity contribution >= 4 is 22.8 Å². The zero-order chi connectivity index (χ0) is 22.2. The fraction of sp³-hybridized carbons (Fsp3) is 0.0952. The average Bonchev–Trinajstić information content (AvgIpc) is 3.13. The number of hydrogen-bond donors (Lipinski definition) is 1. The quantitative estimate of drug-likeness (QED) is 0.471. The number of halogens is 4. The first kappa shape index (κ1) is 20.3. The number of benzene rings is 2. The van der Waals surface area contributed by atoms with Crippen molar-refractivity contribution in [1.82, 2.24) is 14.5 Å². The second kappa shape index (κ2) is 7.71. The zero-order valence-corrected chi connectivity index (χ0v) is 15.9. The Morgan fingerprint density at radius 2 is 1.90 bits per heavy atom. The number of ether oxygens (including phenoxy) is 1. The van der Waals surface area contributed by atoms with Crippen molar-refractivity contribution in [3.8, 4) is 11.4 Å². The van der Waals surface area contributed by atoms with Crippen LogP contribution in [0, 0.1) is 5.82 Å². The molecule has 2 heterocycles. The van der Waals surface area contributed by atoms with E-state index in [0.29, 0.717) is 5.75 Å². The molecule has 0 unspecified atom stereocenters. The molecule has 6 nitrogen and oxygen atoms in total. The molecule has 158 valence electrons. The number of imidazole rings is 1. The maximum absolute atomic E-state index is 13.6. The summed E-state index contributed by atoms with van der Waals surface area (Å²) in [5.74, 6) is -1.82. The monoisotopic (exact) mass is 430 g/mol. The van der Waals surface area contributed by atoms with E-state index in [-0.39, 0.29) is 28.1 Å². The molecule has 4 rings (SSSR count). The standard InChI is InChI=1S/C21H14F4N4O2/c1-31-15-6-7-17-16(10-15)27-20(21(23,24)25)29(17)14-5-8-18(26-11-14)28-19(30)12-3-2-4-13(22)9-12/h2-11H,1H3,(H,26,28,30). The maximum atomic E-state index is 13.6. The van der Waals surface area contributed by atoms with Gasteiger partial charge in [0.15, 0.2) is 0 Å². The van der Waals surface area contributed by atoms with Crippen LogP contribution in [0.15, 0.2) is 60.8 Å². The number of nitrogens with one attached hydrogen (secondary N) is 1. The molecule has 0 fully saturated rings. The van der Waals surface area contributed by atoms with Gasteiger partial charge in [0, 0.05) is 11.6 Å². The summed E-state index contributed by atoms with van der Waals surface area (Å²) in [6.07, 6.45) is -3.53. The van der Waals surface area contributed by atoms with Crippen LogP contribution in [0.2, 0.25) is 0 Å². The number of anilines is 1. The van der Waals surface area contributed by atoms with Crippen molar-refractivity contribution < 1.29 is 27.1 Å². The fourth-order valence-corrected chi connectivity index (χ4v) is 3.05. The smallest absolute Gasteiger partial charge is 0.450 e. The number of alkyl halides is 3. The predicted octanol–water partition coefficient (Wildman–Crippen LogP) is 4.84. The molecule has 0 spiro atoms. The molecule has 0 aliphatic carbocycles. The second-order valence-electron chi connectivity index (χ2n) is 6.49. The van der Waals surface area contributed by atoms with Gasteiger partial charge in [-0.05, 0) is 42.5 Å². The summed E-state index contributed by atoms with van der Waals surface area (Å²) in [6.45, 7) is 0. The zero-order valence-electron chi connectivity index (χ0n) is 15.9. The van der Waals surface area contributed by atoms with E-state index in [1.165, 1.54) is 61.8 Å². The van der Waals surface area contributed by atoms with Gasteiger partial charge in [-0.25, -0.2) is 14.4 Å². The van der Waals surface area contributed by atoms with Crippen molar-refractivity contribution in [3.05, 3.63) is 78.0 Å². The van der Waals surface area contributed by atoms with Crippen LogP contribution in [0.1, 0.15) is 16.2 Å². The largest absolute Gasteiger partial charge is 0.497 e. The number of fused-ring (bicyclic) bond motifs is 1. The number of carbonyl (C=O) groups is 1. The van der Waals surface area contributed by atoms with Crippen molar-refractivity contribution in [2.24, 2.45) is 0 Å². The second-order valence-corrected chi connectivity index (χ2v) is 6.49. The summed E-state index contributed by atoms with van der Waals surface area (Å²) < 4.78 is 60.1. The number of rotatable bonds is 4. The summed E-state index contributed by atoms with van der Waals surface area (Å²) in [7, 11) is 1.41. The third-order valence-corrected chi connectivity index (χ3v) is 4.45. The van der Waals surface area contributed by atoms with Gasteiger partial charge in [-0.2, -0.15) is 13.2 Å². The van der Waals surface area contributed by atoms with E-state index in [9.17, 15) is 22.4 Å². The molecule has 0 saturated carbocycles. The van der Waals surface area contributed by atoms with E-state index < -0.39 is 23.7 Å². The highest BCUT2D eigenvalue weighted by atomic mass is 19.4. The molecule has 0 saturated heterocycles. The first-order valence-electron chi connectivity index (χ1n) is 8.93. The van der Waals surface area contributed by atoms with Crippen LogP contribution in [-0.4, -0.2) is 27.6 Å². The molecule has 2 aromatic carbocycles. The van der Waals surface area contributed by atoms with Crippen LogP contribution in [0.25, 0.3) is 16.7 Å². The summed E-state index contributed by atoms with van der Waals surface area (Å²) in [5, 5.41) is 2.47. The average molecular weight is 430 g/mol. The lowest BCUT2D eigenvalue weighted by Gasteiger charge is -2.12. The minimum Gasteiger partial charge on any atom is -0.497 e. The van der Waals surface area contributed by atoms with E-state index in [4.69, 9.17) is 4.74 Å². The first-order valence-corrected chi connectivity index (χ1v) is 8.93. The lowest BCUT2D eigenvalue weighted by atomic mass is 10.2. The van der Waals surface area contributed by atoms with Crippen molar-refractivity contribution in [2.45, 2.75) is 6.18 Å². The molecule has 2 aromatic heterocycles. The van der Waals surface area contributed by atoms with Crippen molar-refractivity contribution in [3.63, 3.8) is 0 Å². The third kappa shape index (κ3) is 4.04. The van der Waals surface area contributed by atoms with Gasteiger partial charge >= 0.3 is 6.18 Å². The Morgan fingerprint density at radius 3 is 2.55 bits per heavy atom. The molecule has 0 bridgehead atoms. The third-order valence-electron chi connectivity index (χ3n) is 4.45. The number of nitrogens with zero attached hydrogens (tertiary/aromatic N) is 3. The SMILES string of the molecule is COc1ccc2c(c1)nc(C(F)(F)F)n2-c1ccc(NC(=O)c2cccc(F)c2)nc1. The van der Waals surface area contributed by atoms with Gasteiger partial charge in [0.05, 0.1) is 30.0 Å². The van der Waals surface area contributed by atoms with Crippen LogP contribution >= 0.6 is 0 Å². The van der Waals surface area contributed by atoms with Crippen molar-refractivity contribution in [1.29, 1.82) is 0 Å². The Balaban J connectivity index is 1.69. The molecule has 31 heavy (non-hydrogen) atoms. The molecule has 4 aromatic rings. The molecular formula is C21H14F4N4O2. The van der Waals surface area contributed by atoms with Gasteiger partial charge in [0.25, 0.3) is 5.91 Å². The number of carbonyl (C=O) groups excluding carboxylic acids is 1. The molecule has 1 N–H and O–H groups in total. The summed E-state index contributed by atoms with van der Waals surface area (Å²) >= 11 is 0. The van der Waals surface area contributed by atoms with E-state index in [1.54, 1.807) is 0 Å². The number of aromatic nitrogens is 3. The van der Waals surface area contributed by atoms with E-state index in [1.807, 2.05) is 0 Å². The Labute approximate surface area is 173 Å². The van der Waals surface area contributed by atoms with Crippen molar-refractivity contribution in [2.75, 3.05) is 12.4 Å². The highest BCUT2D eigenvalue weighted by molar-refractivity contribution is 6.03. The number of amides is 1. The van der Waals surface area contributed by atoms with Gasteiger partial charge in [-0.15, -0.1) is 0 Å². The Bertz CT molecular complexity index is 1270. The molecule has 0 aliphatic heterocycles. The first-order chi connectivity index (χ1) is 14.8. The normalized spacial score (nSPS) is 11.5. The minimum atomic E-state index is -4.71. The molecule has 0 atom stereocenters.